The molecule has 2 unspecified atom stereocenters. The average Bonchev–Trinajstić information content (AvgIpc) is 2.89. The molecule has 4 heterocycles. The molecule has 4 saturated heterocycles. The minimum Gasteiger partial charge on any atom is -0.320 e. The number of nitrogens with zero attached hydrogens (tertiary/aromatic N) is 4. The van der Waals surface area contributed by atoms with Gasteiger partial charge in [-0.3, -0.25) is 15.2 Å². The van der Waals surface area contributed by atoms with Crippen molar-refractivity contribution in [3.8, 4) is 0 Å². The highest BCUT2D eigenvalue weighted by Gasteiger charge is 2.44. The van der Waals surface area contributed by atoms with Crippen LogP contribution in [0.2, 0.25) is 0 Å². The van der Waals surface area contributed by atoms with Crippen LogP contribution in [0.1, 0.15) is 12.8 Å². The number of fused-ring (bicyclic) bond motifs is 4. The Hall–Kier alpha value is -2.20. The monoisotopic (exact) mass is 311 g/mol. The molecular weight excluding hydrogens is 294 g/mol. The fourth-order valence-corrected chi connectivity index (χ4v) is 2.99. The Morgan fingerprint density at radius 3 is 1.91 bits per heavy atom. The molecule has 0 aromatic heterocycles. The predicted molar refractivity (Wildman–Crippen MR) is 70.7 cm³/mol. The van der Waals surface area contributed by atoms with E-state index in [2.05, 4.69) is 0 Å². The average molecular weight is 311 g/mol. The summed E-state index contributed by atoms with van der Waals surface area (Å²) in [6.45, 7) is 1.86. The van der Waals surface area contributed by atoms with Gasteiger partial charge in [0.15, 0.2) is 5.78 Å². The van der Waals surface area contributed by atoms with Gasteiger partial charge in [0.2, 0.25) is 0 Å². The van der Waals surface area contributed by atoms with Gasteiger partial charge in [-0.15, -0.1) is 0 Å². The summed E-state index contributed by atoms with van der Waals surface area (Å²) in [5.41, 5.74) is 0.453. The largest absolute Gasteiger partial charge is 0.344 e. The van der Waals surface area contributed by atoms with Crippen molar-refractivity contribution in [1.82, 2.24) is 19.9 Å². The Kier molecular flexibility index (Phi) is 3.49. The molecule has 4 aliphatic heterocycles. The maximum Gasteiger partial charge on any atom is 0.344 e. The van der Waals surface area contributed by atoms with Crippen molar-refractivity contribution in [3.05, 3.63) is 0 Å². The minimum atomic E-state index is -0.601. The van der Waals surface area contributed by atoms with Gasteiger partial charge in [-0.05, 0) is 0 Å². The second-order valence-electron chi connectivity index (χ2n) is 5.67. The standard InChI is InChI=1S/C6H9N3O2.C6H8N2O3/c7-4-1-2-8-3-5(4)9(11)6(8)10;9-5-1-2-7-3-4(5)8(11)6(7)10/h5,7,11H,1-3H2;4,11H,1-3H2. The highest BCUT2D eigenvalue weighted by molar-refractivity contribution is 5.95. The smallest absolute Gasteiger partial charge is 0.320 e. The second-order valence-corrected chi connectivity index (χ2v) is 5.67. The highest BCUT2D eigenvalue weighted by Crippen LogP contribution is 2.21. The fourth-order valence-electron chi connectivity index (χ4n) is 2.99. The van der Waals surface area contributed by atoms with Crippen LogP contribution in [0.15, 0.2) is 0 Å². The van der Waals surface area contributed by atoms with E-state index < -0.39 is 12.1 Å². The summed E-state index contributed by atoms with van der Waals surface area (Å²) in [5.74, 6) is -0.0467. The van der Waals surface area contributed by atoms with E-state index in [1.165, 1.54) is 4.90 Å². The number of carbonyl (C=O) groups excluding carboxylic acids is 3. The molecule has 4 amide bonds. The van der Waals surface area contributed by atoms with Crippen LogP contribution >= 0.6 is 0 Å². The van der Waals surface area contributed by atoms with Crippen LogP contribution in [0, 0.1) is 5.41 Å². The Labute approximate surface area is 125 Å². The van der Waals surface area contributed by atoms with Crippen LogP contribution in [0.4, 0.5) is 9.59 Å². The summed E-state index contributed by atoms with van der Waals surface area (Å²) < 4.78 is 0. The third-order valence-corrected chi connectivity index (χ3v) is 4.36. The van der Waals surface area contributed by atoms with E-state index in [0.717, 1.165) is 0 Å². The van der Waals surface area contributed by atoms with Gasteiger partial charge < -0.3 is 15.2 Å². The number of hydrogen-bond acceptors (Lipinski definition) is 6. The molecule has 0 aromatic rings. The predicted octanol–water partition coefficient (Wildman–Crippen LogP) is -0.640. The Morgan fingerprint density at radius 2 is 1.36 bits per heavy atom. The van der Waals surface area contributed by atoms with Crippen molar-refractivity contribution in [1.29, 1.82) is 5.41 Å². The van der Waals surface area contributed by atoms with Gasteiger partial charge in [0, 0.05) is 31.6 Å². The lowest BCUT2D eigenvalue weighted by molar-refractivity contribution is -0.133. The van der Waals surface area contributed by atoms with E-state index in [9.17, 15) is 14.4 Å². The maximum absolute atomic E-state index is 11.0. The second kappa shape index (κ2) is 5.21. The molecule has 3 N–H and O–H groups in total. The number of carbonyl (C=O) groups is 3. The number of hydrogen-bond donors (Lipinski definition) is 3. The molecule has 0 spiro atoms. The summed E-state index contributed by atoms with van der Waals surface area (Å²) >= 11 is 0. The summed E-state index contributed by atoms with van der Waals surface area (Å²) in [6.07, 6.45) is 0.959. The molecule has 10 heteroatoms. The molecule has 4 bridgehead atoms. The molecule has 0 aromatic carbocycles. The number of piperidine rings is 2. The SMILES string of the molecule is N=C1CCN2CC1N(O)C2=O.O=C1CCN2CC1N(O)C2=O. The van der Waals surface area contributed by atoms with Crippen LogP contribution in [0.3, 0.4) is 0 Å². The van der Waals surface area contributed by atoms with Gasteiger partial charge >= 0.3 is 12.1 Å². The number of urea groups is 2. The maximum atomic E-state index is 11.0. The number of rotatable bonds is 0. The molecule has 0 saturated carbocycles. The van der Waals surface area contributed by atoms with Crippen molar-refractivity contribution in [3.63, 3.8) is 0 Å². The molecule has 4 fully saturated rings. The Morgan fingerprint density at radius 1 is 0.864 bits per heavy atom. The van der Waals surface area contributed by atoms with E-state index in [1.807, 2.05) is 0 Å². The molecule has 4 aliphatic rings. The third kappa shape index (κ3) is 2.20. The first-order chi connectivity index (χ1) is 10.4. The number of Topliss-reactive ketones (excluding diaryl/α,β-unsaturated/α-hetero) is 1. The number of amides is 4. The molecule has 22 heavy (non-hydrogen) atoms. The zero-order chi connectivity index (χ0) is 16.0. The zero-order valence-electron chi connectivity index (χ0n) is 11.8. The van der Waals surface area contributed by atoms with Crippen molar-refractivity contribution in [2.24, 2.45) is 0 Å². The van der Waals surface area contributed by atoms with Gasteiger partial charge in [0.25, 0.3) is 0 Å². The van der Waals surface area contributed by atoms with Gasteiger partial charge in [-0.25, -0.2) is 9.59 Å². The topological polar surface area (TPSA) is 128 Å². The lowest BCUT2D eigenvalue weighted by atomic mass is 10.1. The fraction of sp³-hybridized carbons (Fsp3) is 0.667. The molecule has 120 valence electrons. The summed E-state index contributed by atoms with van der Waals surface area (Å²) in [4.78, 5) is 36.1. The number of nitrogens with one attached hydrogen (secondary N) is 1. The Bertz CT molecular complexity index is 504. The quantitative estimate of drug-likeness (QED) is 0.513. The van der Waals surface area contributed by atoms with E-state index in [-0.39, 0.29) is 17.9 Å². The van der Waals surface area contributed by atoms with Crippen molar-refractivity contribution < 1.29 is 24.8 Å². The zero-order valence-corrected chi connectivity index (χ0v) is 11.8. The molecular formula is C12H17N5O5. The summed E-state index contributed by atoms with van der Waals surface area (Å²) in [6, 6.07) is -1.79. The summed E-state index contributed by atoms with van der Waals surface area (Å²) in [5, 5.41) is 26.8. The van der Waals surface area contributed by atoms with E-state index in [0.29, 0.717) is 54.9 Å². The molecule has 4 rings (SSSR count). The van der Waals surface area contributed by atoms with Gasteiger partial charge in [0.1, 0.15) is 12.1 Å². The van der Waals surface area contributed by atoms with E-state index in [4.69, 9.17) is 15.8 Å². The number of hydroxylamine groups is 4. The van der Waals surface area contributed by atoms with Crippen molar-refractivity contribution in [2.75, 3.05) is 26.2 Å². The molecule has 2 atom stereocenters. The molecule has 10 nitrogen and oxygen atoms in total. The Balaban J connectivity index is 0.000000131. The first-order valence-electron chi connectivity index (χ1n) is 7.04. The van der Waals surface area contributed by atoms with Gasteiger partial charge in [0.05, 0.1) is 13.1 Å². The van der Waals surface area contributed by atoms with Crippen LogP contribution < -0.4 is 0 Å². The third-order valence-electron chi connectivity index (χ3n) is 4.36. The lowest BCUT2D eigenvalue weighted by Crippen LogP contribution is -2.38. The van der Waals surface area contributed by atoms with Crippen LogP contribution in [0.25, 0.3) is 0 Å². The minimum absolute atomic E-state index is 0.0467. The van der Waals surface area contributed by atoms with E-state index in [1.54, 1.807) is 4.90 Å². The van der Waals surface area contributed by atoms with Crippen molar-refractivity contribution in [2.45, 2.75) is 24.9 Å². The van der Waals surface area contributed by atoms with Crippen LogP contribution in [-0.2, 0) is 4.79 Å². The van der Waals surface area contributed by atoms with Crippen LogP contribution in [-0.4, -0.2) is 92.2 Å². The van der Waals surface area contributed by atoms with Gasteiger partial charge in [-0.2, -0.15) is 10.1 Å². The number of ketones is 1. The highest BCUT2D eigenvalue weighted by atomic mass is 16.5. The molecule has 0 aliphatic carbocycles. The van der Waals surface area contributed by atoms with Crippen molar-refractivity contribution >= 4 is 23.6 Å². The lowest BCUT2D eigenvalue weighted by Gasteiger charge is -2.20. The first-order valence-corrected chi connectivity index (χ1v) is 7.04. The normalized spacial score (nSPS) is 30.1. The van der Waals surface area contributed by atoms with E-state index >= 15 is 0 Å². The first kappa shape index (κ1) is 14.7. The van der Waals surface area contributed by atoms with Crippen LogP contribution in [0.5, 0.6) is 0 Å². The molecule has 0 radical (unpaired) electrons. The van der Waals surface area contributed by atoms with Gasteiger partial charge in [-0.1, -0.05) is 0 Å². The summed E-state index contributed by atoms with van der Waals surface area (Å²) in [7, 11) is 0.